The standard InChI is InChI=1S/C55H51Br2N3OS/c1-2-3-4-13-34-55(51-37-41(56)24-30-49(51)50-31-25-42(57)38-52(50)55)35-14-5-6-15-36-61-46-28-22-40(23-29-46)48-33-32-47(53-54(48)59-62-58-53)39-20-26-45(27-21-39)60(43-16-9-7-10-17-43)44-18-11-8-12-19-44/h7-12,16-33,37-38H,2-6,13-15,34-36H2,1H3. The minimum Gasteiger partial charge on any atom is -0.494 e. The Bertz CT molecular complexity index is 2640. The van der Waals surface area contributed by atoms with Crippen molar-refractivity contribution in [2.45, 2.75) is 76.5 Å². The maximum atomic E-state index is 6.28. The Kier molecular flexibility index (Phi) is 13.3. The number of aromatic nitrogens is 2. The van der Waals surface area contributed by atoms with E-state index >= 15 is 0 Å². The Hall–Kier alpha value is -5.08. The summed E-state index contributed by atoms with van der Waals surface area (Å²) in [6.07, 6.45) is 12.1. The number of para-hydroxylation sites is 2. The van der Waals surface area contributed by atoms with Crippen LogP contribution in [0.1, 0.15) is 82.3 Å². The molecule has 0 saturated heterocycles. The van der Waals surface area contributed by atoms with Gasteiger partial charge in [0, 0.05) is 42.5 Å². The fourth-order valence-electron chi connectivity index (χ4n) is 9.48. The summed E-state index contributed by atoms with van der Waals surface area (Å²) in [7, 11) is 0. The number of unbranched alkanes of at least 4 members (excludes halogenated alkanes) is 6. The molecule has 7 aromatic carbocycles. The third kappa shape index (κ3) is 8.90. The zero-order chi connectivity index (χ0) is 42.3. The lowest BCUT2D eigenvalue weighted by Crippen LogP contribution is -2.25. The Labute approximate surface area is 387 Å². The molecular formula is C55H51Br2N3OS. The first kappa shape index (κ1) is 42.2. The van der Waals surface area contributed by atoms with Crippen LogP contribution in [0.2, 0.25) is 0 Å². The SMILES string of the molecule is CCCCCCC1(CCCCCCOc2ccc(-c3ccc(-c4ccc(N(c5ccccc5)c5ccccc5)cc4)c4nsnc34)cc2)c2cc(Br)ccc2-c2ccc(Br)cc21. The lowest BCUT2D eigenvalue weighted by Gasteiger charge is -2.33. The minimum absolute atomic E-state index is 0.0598. The average molecular weight is 962 g/mol. The molecule has 0 atom stereocenters. The maximum absolute atomic E-state index is 6.28. The summed E-state index contributed by atoms with van der Waals surface area (Å²) in [6.45, 7) is 3.02. The van der Waals surface area contributed by atoms with Gasteiger partial charge in [-0.2, -0.15) is 8.75 Å². The molecule has 0 amide bonds. The Morgan fingerprint density at radius 2 is 0.968 bits per heavy atom. The first-order valence-corrected chi connectivity index (χ1v) is 24.4. The van der Waals surface area contributed by atoms with Gasteiger partial charge in [-0.1, -0.05) is 169 Å². The summed E-state index contributed by atoms with van der Waals surface area (Å²) in [6, 6.07) is 56.4. The van der Waals surface area contributed by atoms with Crippen LogP contribution >= 0.6 is 43.6 Å². The number of rotatable bonds is 18. The van der Waals surface area contributed by atoms with E-state index < -0.39 is 0 Å². The molecule has 8 aromatic rings. The van der Waals surface area contributed by atoms with E-state index in [1.807, 2.05) is 0 Å². The second-order valence-corrected chi connectivity index (χ2v) is 18.8. The van der Waals surface area contributed by atoms with Crippen LogP contribution in [-0.4, -0.2) is 15.4 Å². The smallest absolute Gasteiger partial charge is 0.119 e. The van der Waals surface area contributed by atoms with Crippen LogP contribution < -0.4 is 9.64 Å². The van der Waals surface area contributed by atoms with Crippen LogP contribution in [0, 0.1) is 0 Å². The second kappa shape index (κ2) is 19.5. The zero-order valence-electron chi connectivity index (χ0n) is 35.2. The lowest BCUT2D eigenvalue weighted by atomic mass is 9.70. The monoisotopic (exact) mass is 959 g/mol. The third-order valence-corrected chi connectivity index (χ3v) is 14.1. The van der Waals surface area contributed by atoms with E-state index in [0.717, 1.165) is 75.5 Å². The highest BCUT2D eigenvalue weighted by atomic mass is 79.9. The van der Waals surface area contributed by atoms with Gasteiger partial charge in [0.05, 0.1) is 18.3 Å². The van der Waals surface area contributed by atoms with Crippen LogP contribution in [0.3, 0.4) is 0 Å². The van der Waals surface area contributed by atoms with Gasteiger partial charge in [-0.3, -0.25) is 0 Å². The molecule has 9 rings (SSSR count). The first-order chi connectivity index (χ1) is 30.5. The van der Waals surface area contributed by atoms with Gasteiger partial charge in [0.15, 0.2) is 0 Å². The van der Waals surface area contributed by atoms with E-state index in [0.29, 0.717) is 0 Å². The van der Waals surface area contributed by atoms with Crippen molar-refractivity contribution in [2.75, 3.05) is 11.5 Å². The maximum Gasteiger partial charge on any atom is 0.119 e. The molecule has 7 heteroatoms. The van der Waals surface area contributed by atoms with Gasteiger partial charge in [-0.25, -0.2) is 0 Å². The fourth-order valence-corrected chi connectivity index (χ4v) is 10.8. The normalized spacial score (nSPS) is 12.6. The summed E-state index contributed by atoms with van der Waals surface area (Å²) in [5, 5.41) is 0. The molecule has 0 N–H and O–H groups in total. The van der Waals surface area contributed by atoms with E-state index in [1.165, 1.54) is 94.3 Å². The number of fused-ring (bicyclic) bond motifs is 4. The van der Waals surface area contributed by atoms with E-state index in [2.05, 4.69) is 201 Å². The lowest BCUT2D eigenvalue weighted by molar-refractivity contribution is 0.302. The molecule has 0 unspecified atom stereocenters. The van der Waals surface area contributed by atoms with Gasteiger partial charge in [0.25, 0.3) is 0 Å². The highest BCUT2D eigenvalue weighted by Gasteiger charge is 2.42. The molecule has 0 saturated carbocycles. The largest absolute Gasteiger partial charge is 0.494 e. The summed E-state index contributed by atoms with van der Waals surface area (Å²) in [5.74, 6) is 0.902. The third-order valence-electron chi connectivity index (χ3n) is 12.6. The summed E-state index contributed by atoms with van der Waals surface area (Å²) >= 11 is 8.90. The van der Waals surface area contributed by atoms with Crippen molar-refractivity contribution in [3.8, 4) is 39.1 Å². The Morgan fingerprint density at radius 3 is 1.50 bits per heavy atom. The number of ether oxygens (including phenoxy) is 1. The van der Waals surface area contributed by atoms with Gasteiger partial charge >= 0.3 is 0 Å². The van der Waals surface area contributed by atoms with Gasteiger partial charge in [-0.05, 0) is 125 Å². The van der Waals surface area contributed by atoms with E-state index in [4.69, 9.17) is 13.5 Å². The molecule has 1 aliphatic rings. The van der Waals surface area contributed by atoms with E-state index in [9.17, 15) is 0 Å². The summed E-state index contributed by atoms with van der Waals surface area (Å²) in [4.78, 5) is 2.28. The minimum atomic E-state index is 0.0598. The van der Waals surface area contributed by atoms with Crippen molar-refractivity contribution in [1.29, 1.82) is 0 Å². The van der Waals surface area contributed by atoms with Crippen LogP contribution in [0.5, 0.6) is 5.75 Å². The van der Waals surface area contributed by atoms with Crippen molar-refractivity contribution in [3.05, 3.63) is 178 Å². The van der Waals surface area contributed by atoms with Crippen molar-refractivity contribution in [3.63, 3.8) is 0 Å². The fraction of sp³-hybridized carbons (Fsp3) is 0.236. The Morgan fingerprint density at radius 1 is 0.500 bits per heavy atom. The summed E-state index contributed by atoms with van der Waals surface area (Å²) < 4.78 is 18.2. The molecule has 0 spiro atoms. The van der Waals surface area contributed by atoms with Gasteiger partial charge < -0.3 is 9.64 Å². The topological polar surface area (TPSA) is 38.2 Å². The predicted molar refractivity (Wildman–Crippen MR) is 268 cm³/mol. The molecule has 1 aliphatic carbocycles. The average Bonchev–Trinajstić information content (AvgIpc) is 3.90. The molecule has 312 valence electrons. The molecule has 4 nitrogen and oxygen atoms in total. The number of hydrogen-bond donors (Lipinski definition) is 0. The van der Waals surface area contributed by atoms with Crippen LogP contribution in [0.4, 0.5) is 17.1 Å². The molecule has 0 aliphatic heterocycles. The van der Waals surface area contributed by atoms with E-state index in [-0.39, 0.29) is 5.41 Å². The number of hydrogen-bond acceptors (Lipinski definition) is 5. The molecule has 0 fully saturated rings. The van der Waals surface area contributed by atoms with Gasteiger partial charge in [0.1, 0.15) is 16.8 Å². The molecule has 0 radical (unpaired) electrons. The van der Waals surface area contributed by atoms with Gasteiger partial charge in [-0.15, -0.1) is 0 Å². The predicted octanol–water partition coefficient (Wildman–Crippen LogP) is 17.3. The molecular weight excluding hydrogens is 910 g/mol. The van der Waals surface area contributed by atoms with Crippen molar-refractivity contribution < 1.29 is 4.74 Å². The van der Waals surface area contributed by atoms with Crippen LogP contribution in [-0.2, 0) is 5.41 Å². The molecule has 0 bridgehead atoms. The number of benzene rings is 7. The number of nitrogens with zero attached hydrogens (tertiary/aromatic N) is 3. The first-order valence-electron chi connectivity index (χ1n) is 22.1. The van der Waals surface area contributed by atoms with Crippen LogP contribution in [0.25, 0.3) is 44.4 Å². The van der Waals surface area contributed by atoms with Crippen LogP contribution in [0.15, 0.2) is 167 Å². The quantitative estimate of drug-likeness (QED) is 0.0803. The number of halogens is 2. The summed E-state index contributed by atoms with van der Waals surface area (Å²) in [5.41, 5.74) is 15.4. The molecule has 1 aromatic heterocycles. The molecule has 1 heterocycles. The van der Waals surface area contributed by atoms with E-state index in [1.54, 1.807) is 0 Å². The molecule has 62 heavy (non-hydrogen) atoms. The highest BCUT2D eigenvalue weighted by Crippen LogP contribution is 2.55. The Balaban J connectivity index is 0.820. The van der Waals surface area contributed by atoms with Crippen molar-refractivity contribution in [2.24, 2.45) is 0 Å². The highest BCUT2D eigenvalue weighted by molar-refractivity contribution is 9.10. The van der Waals surface area contributed by atoms with Gasteiger partial charge in [0.2, 0.25) is 0 Å². The number of anilines is 3. The second-order valence-electron chi connectivity index (χ2n) is 16.5. The zero-order valence-corrected chi connectivity index (χ0v) is 39.2. The van der Waals surface area contributed by atoms with Crippen molar-refractivity contribution >= 4 is 71.7 Å². The van der Waals surface area contributed by atoms with Crippen molar-refractivity contribution in [1.82, 2.24) is 8.75 Å².